The van der Waals surface area contributed by atoms with E-state index in [2.05, 4.69) is 20.3 Å². The summed E-state index contributed by atoms with van der Waals surface area (Å²) >= 11 is 0. The molecule has 2 amide bonds. The summed E-state index contributed by atoms with van der Waals surface area (Å²) in [7, 11) is 0. The number of carbonyl (C=O) groups is 1. The monoisotopic (exact) mass is 461 g/mol. The number of primary amides is 1. The molecule has 33 heavy (non-hydrogen) atoms. The topological polar surface area (TPSA) is 122 Å². The fraction of sp³-hybridized carbons (Fsp3) is 0.333. The van der Waals surface area contributed by atoms with Crippen molar-refractivity contribution in [3.05, 3.63) is 59.9 Å². The molecule has 1 aliphatic heterocycles. The van der Waals surface area contributed by atoms with Crippen LogP contribution in [0.15, 0.2) is 43.0 Å². The van der Waals surface area contributed by atoms with Gasteiger partial charge in [0.1, 0.15) is 11.3 Å². The third kappa shape index (κ3) is 4.90. The molecule has 1 fully saturated rings. The Morgan fingerprint density at radius 2 is 1.94 bits per heavy atom. The molecule has 0 atom stereocenters. The third-order valence-electron chi connectivity index (χ3n) is 5.52. The Bertz CT molecular complexity index is 1170. The number of aromatic nitrogens is 4. The van der Waals surface area contributed by atoms with E-state index in [4.69, 9.17) is 5.73 Å². The van der Waals surface area contributed by atoms with Gasteiger partial charge in [-0.25, -0.2) is 19.7 Å². The van der Waals surface area contributed by atoms with E-state index >= 15 is 0 Å². The van der Waals surface area contributed by atoms with Crippen molar-refractivity contribution in [3.8, 4) is 5.69 Å². The van der Waals surface area contributed by atoms with Gasteiger partial charge in [-0.3, -0.25) is 0 Å². The Morgan fingerprint density at radius 1 is 1.21 bits per heavy atom. The van der Waals surface area contributed by atoms with Crippen LogP contribution in [0.3, 0.4) is 0 Å². The van der Waals surface area contributed by atoms with Crippen LogP contribution in [0.4, 0.5) is 29.6 Å². The number of rotatable bonds is 4. The number of likely N-dealkylation sites (tertiary alicyclic amines) is 1. The van der Waals surface area contributed by atoms with Gasteiger partial charge in [0.05, 0.1) is 12.0 Å². The number of hydrogen-bond acceptors (Lipinski definition) is 6. The van der Waals surface area contributed by atoms with Crippen LogP contribution < -0.4 is 11.1 Å². The van der Waals surface area contributed by atoms with Crippen LogP contribution in [0.5, 0.6) is 0 Å². The standard InChI is InChI=1S/C21H22F3N7O2/c1-13-8-14(28-19-26-5-2-16(29-19)21(22,23)24)10-15(9-13)31-11-17(27-12-31)20(33)3-6-30(7-4-20)18(25)32/h2,5,8-12,33H,3-4,6-7H2,1H3,(H2,25,32)(H,26,28,29). The lowest BCUT2D eigenvalue weighted by Crippen LogP contribution is -2.47. The van der Waals surface area contributed by atoms with Crippen molar-refractivity contribution >= 4 is 17.7 Å². The number of anilines is 2. The number of halogens is 3. The number of urea groups is 1. The fourth-order valence-electron chi connectivity index (χ4n) is 3.75. The van der Waals surface area contributed by atoms with Gasteiger partial charge in [-0.15, -0.1) is 0 Å². The van der Waals surface area contributed by atoms with E-state index in [1.807, 2.05) is 13.0 Å². The fourth-order valence-corrected chi connectivity index (χ4v) is 3.75. The van der Waals surface area contributed by atoms with E-state index in [1.54, 1.807) is 29.2 Å². The number of hydrogen-bond donors (Lipinski definition) is 3. The molecule has 0 spiro atoms. The number of nitrogens with two attached hydrogens (primary N) is 1. The number of amides is 2. The van der Waals surface area contributed by atoms with E-state index < -0.39 is 23.5 Å². The quantitative estimate of drug-likeness (QED) is 0.549. The summed E-state index contributed by atoms with van der Waals surface area (Å²) in [6, 6.07) is 5.61. The van der Waals surface area contributed by atoms with Gasteiger partial charge in [0.25, 0.3) is 0 Å². The van der Waals surface area contributed by atoms with Crippen LogP contribution in [0.2, 0.25) is 0 Å². The second-order valence-corrected chi connectivity index (χ2v) is 7.97. The maximum atomic E-state index is 12.9. The Kier molecular flexibility index (Phi) is 5.70. The molecule has 0 unspecified atom stereocenters. The zero-order valence-corrected chi connectivity index (χ0v) is 17.7. The number of imidazole rings is 1. The van der Waals surface area contributed by atoms with Crippen molar-refractivity contribution in [1.29, 1.82) is 0 Å². The van der Waals surface area contributed by atoms with E-state index in [0.717, 1.165) is 17.8 Å². The number of nitrogens with zero attached hydrogens (tertiary/aromatic N) is 5. The second-order valence-electron chi connectivity index (χ2n) is 7.97. The molecule has 2 aromatic heterocycles. The summed E-state index contributed by atoms with van der Waals surface area (Å²) in [5, 5.41) is 13.8. The Balaban J connectivity index is 1.56. The van der Waals surface area contributed by atoms with Gasteiger partial charge < -0.3 is 25.6 Å². The normalized spacial score (nSPS) is 16.0. The first-order chi connectivity index (χ1) is 15.5. The molecule has 3 heterocycles. The van der Waals surface area contributed by atoms with Crippen LogP contribution in [-0.4, -0.2) is 48.6 Å². The minimum absolute atomic E-state index is 0.178. The summed E-state index contributed by atoms with van der Waals surface area (Å²) in [5.41, 5.74) is 5.55. The Hall–Kier alpha value is -3.67. The Labute approximate surface area is 187 Å². The zero-order chi connectivity index (χ0) is 23.8. The molecule has 1 aromatic carbocycles. The number of piperidine rings is 1. The highest BCUT2D eigenvalue weighted by Crippen LogP contribution is 2.33. The summed E-state index contributed by atoms with van der Waals surface area (Å²) in [6.45, 7) is 2.50. The maximum absolute atomic E-state index is 12.9. The minimum atomic E-state index is -4.57. The summed E-state index contributed by atoms with van der Waals surface area (Å²) in [5.74, 6) is -0.178. The van der Waals surface area contributed by atoms with Crippen molar-refractivity contribution in [2.75, 3.05) is 18.4 Å². The number of carbonyl (C=O) groups excluding carboxylic acids is 1. The molecule has 0 bridgehead atoms. The molecule has 0 radical (unpaired) electrons. The van der Waals surface area contributed by atoms with Gasteiger partial charge in [0.2, 0.25) is 5.95 Å². The van der Waals surface area contributed by atoms with Crippen molar-refractivity contribution < 1.29 is 23.1 Å². The van der Waals surface area contributed by atoms with Crippen LogP contribution in [0, 0.1) is 6.92 Å². The highest BCUT2D eigenvalue weighted by molar-refractivity contribution is 5.72. The summed E-state index contributed by atoms with van der Waals surface area (Å²) in [4.78, 5) is 24.5. The predicted octanol–water partition coefficient (Wildman–Crippen LogP) is 3.10. The Morgan fingerprint density at radius 3 is 2.61 bits per heavy atom. The number of nitrogens with one attached hydrogen (secondary N) is 1. The first kappa shape index (κ1) is 22.5. The molecule has 1 saturated heterocycles. The molecule has 3 aromatic rings. The van der Waals surface area contributed by atoms with Gasteiger partial charge in [0, 0.05) is 36.9 Å². The largest absolute Gasteiger partial charge is 0.433 e. The van der Waals surface area contributed by atoms with Gasteiger partial charge in [-0.05, 0) is 49.6 Å². The number of benzene rings is 1. The van der Waals surface area contributed by atoms with Gasteiger partial charge in [-0.2, -0.15) is 13.2 Å². The first-order valence-corrected chi connectivity index (χ1v) is 10.1. The number of aryl methyl sites for hydroxylation is 1. The molecule has 0 aliphatic carbocycles. The summed E-state index contributed by atoms with van der Waals surface area (Å²) < 4.78 is 40.5. The first-order valence-electron chi connectivity index (χ1n) is 10.1. The lowest BCUT2D eigenvalue weighted by molar-refractivity contribution is -0.141. The maximum Gasteiger partial charge on any atom is 0.433 e. The third-order valence-corrected chi connectivity index (χ3v) is 5.52. The van der Waals surface area contributed by atoms with E-state index in [1.165, 1.54) is 4.90 Å². The van der Waals surface area contributed by atoms with Crippen molar-refractivity contribution in [2.45, 2.75) is 31.5 Å². The van der Waals surface area contributed by atoms with Gasteiger partial charge in [-0.1, -0.05) is 0 Å². The van der Waals surface area contributed by atoms with Crippen molar-refractivity contribution in [2.24, 2.45) is 5.73 Å². The average molecular weight is 461 g/mol. The van der Waals surface area contributed by atoms with Crippen molar-refractivity contribution in [1.82, 2.24) is 24.4 Å². The van der Waals surface area contributed by atoms with Crippen LogP contribution in [0.25, 0.3) is 5.69 Å². The zero-order valence-electron chi connectivity index (χ0n) is 17.7. The molecule has 4 N–H and O–H groups in total. The molecule has 12 heteroatoms. The molecule has 1 aliphatic rings. The van der Waals surface area contributed by atoms with Crippen LogP contribution in [0.1, 0.15) is 29.8 Å². The van der Waals surface area contributed by atoms with Crippen molar-refractivity contribution in [3.63, 3.8) is 0 Å². The summed E-state index contributed by atoms with van der Waals surface area (Å²) in [6.07, 6.45) is 0.326. The van der Waals surface area contributed by atoms with E-state index in [-0.39, 0.29) is 5.95 Å². The molecule has 4 rings (SSSR count). The van der Waals surface area contributed by atoms with E-state index in [9.17, 15) is 23.1 Å². The molecule has 9 nitrogen and oxygen atoms in total. The average Bonchev–Trinajstić information content (AvgIpc) is 3.25. The highest BCUT2D eigenvalue weighted by atomic mass is 19.4. The smallest absolute Gasteiger partial charge is 0.383 e. The highest BCUT2D eigenvalue weighted by Gasteiger charge is 2.37. The lowest BCUT2D eigenvalue weighted by atomic mass is 9.89. The molecular formula is C21H22F3N7O2. The predicted molar refractivity (Wildman–Crippen MR) is 113 cm³/mol. The molecular weight excluding hydrogens is 439 g/mol. The number of aliphatic hydroxyl groups is 1. The lowest BCUT2D eigenvalue weighted by Gasteiger charge is -2.36. The second kappa shape index (κ2) is 8.35. The number of alkyl halides is 3. The minimum Gasteiger partial charge on any atom is -0.383 e. The molecule has 0 saturated carbocycles. The molecule has 174 valence electrons. The van der Waals surface area contributed by atoms with Crippen LogP contribution >= 0.6 is 0 Å². The SMILES string of the molecule is Cc1cc(Nc2nccc(C(F)(F)F)n2)cc(-n2cnc(C3(O)CCN(C(N)=O)CC3)c2)c1. The van der Waals surface area contributed by atoms with E-state index in [0.29, 0.717) is 43.0 Å². The van der Waals surface area contributed by atoms with Gasteiger partial charge in [0.15, 0.2) is 0 Å². The van der Waals surface area contributed by atoms with Crippen LogP contribution in [-0.2, 0) is 11.8 Å². The van der Waals surface area contributed by atoms with Gasteiger partial charge >= 0.3 is 12.2 Å².